The minimum Gasteiger partial charge on any atom is -0.289 e. The molecule has 1 aromatic heterocycles. The molecule has 0 saturated carbocycles. The van der Waals surface area contributed by atoms with Gasteiger partial charge in [-0.3, -0.25) is 4.79 Å². The van der Waals surface area contributed by atoms with Gasteiger partial charge in [0.2, 0.25) is 0 Å². The Hall–Kier alpha value is -1.41. The summed E-state index contributed by atoms with van der Waals surface area (Å²) in [6.45, 7) is 6.40. The topological polar surface area (TPSA) is 17.1 Å². The van der Waals surface area contributed by atoms with Gasteiger partial charge in [0.05, 0.1) is 0 Å². The van der Waals surface area contributed by atoms with E-state index in [2.05, 4.69) is 20.8 Å². The summed E-state index contributed by atoms with van der Waals surface area (Å²) in [5, 5.41) is 3.84. The second kappa shape index (κ2) is 4.46. The summed E-state index contributed by atoms with van der Waals surface area (Å²) in [6, 6.07) is 9.76. The van der Waals surface area contributed by atoms with Gasteiger partial charge in [0.25, 0.3) is 0 Å². The van der Waals surface area contributed by atoms with Crippen molar-refractivity contribution in [2.75, 3.05) is 0 Å². The van der Waals surface area contributed by atoms with Gasteiger partial charge < -0.3 is 0 Å². The van der Waals surface area contributed by atoms with Crippen LogP contribution in [0.4, 0.5) is 0 Å². The van der Waals surface area contributed by atoms with Crippen LogP contribution >= 0.6 is 11.3 Å². The molecule has 0 aliphatic rings. The highest BCUT2D eigenvalue weighted by Gasteiger charge is 2.21. The Morgan fingerprint density at radius 2 is 1.82 bits per heavy atom. The summed E-state index contributed by atoms with van der Waals surface area (Å²) in [5.41, 5.74) is 2.70. The largest absolute Gasteiger partial charge is 0.289 e. The summed E-state index contributed by atoms with van der Waals surface area (Å²) < 4.78 is 0. The van der Waals surface area contributed by atoms with E-state index in [-0.39, 0.29) is 11.2 Å². The molecule has 0 spiro atoms. The molecule has 0 amide bonds. The normalized spacial score (nSPS) is 11.5. The van der Waals surface area contributed by atoms with Crippen LogP contribution in [0.25, 0.3) is 0 Å². The number of carbonyl (C=O) groups is 1. The Morgan fingerprint density at radius 1 is 1.12 bits per heavy atom. The number of carbonyl (C=O) groups excluding carboxylic acids is 1. The van der Waals surface area contributed by atoms with E-state index in [1.807, 2.05) is 41.1 Å². The highest BCUT2D eigenvalue weighted by atomic mass is 32.1. The van der Waals surface area contributed by atoms with Crippen molar-refractivity contribution in [2.45, 2.75) is 26.2 Å². The zero-order chi connectivity index (χ0) is 12.5. The average Bonchev–Trinajstić information content (AvgIpc) is 2.80. The maximum Gasteiger partial charge on any atom is 0.194 e. The predicted molar refractivity (Wildman–Crippen MR) is 72.9 cm³/mol. The molecule has 0 aliphatic carbocycles. The van der Waals surface area contributed by atoms with E-state index >= 15 is 0 Å². The summed E-state index contributed by atoms with van der Waals surface area (Å²) in [5.74, 6) is 0.122. The molecule has 0 aliphatic heterocycles. The Balaban J connectivity index is 2.50. The smallest absolute Gasteiger partial charge is 0.194 e. The van der Waals surface area contributed by atoms with E-state index in [0.29, 0.717) is 0 Å². The first-order valence-corrected chi connectivity index (χ1v) is 6.61. The molecule has 0 N–H and O–H groups in total. The van der Waals surface area contributed by atoms with Gasteiger partial charge in [0, 0.05) is 16.5 Å². The Labute approximate surface area is 106 Å². The van der Waals surface area contributed by atoms with Crippen LogP contribution in [0.3, 0.4) is 0 Å². The van der Waals surface area contributed by atoms with Crippen LogP contribution in [0.1, 0.15) is 42.3 Å². The third kappa shape index (κ3) is 2.47. The van der Waals surface area contributed by atoms with Gasteiger partial charge in [0.15, 0.2) is 5.78 Å². The number of hydrogen-bond acceptors (Lipinski definition) is 2. The molecule has 17 heavy (non-hydrogen) atoms. The third-order valence-electron chi connectivity index (χ3n) is 2.76. The van der Waals surface area contributed by atoms with Gasteiger partial charge in [-0.05, 0) is 22.4 Å². The van der Waals surface area contributed by atoms with Crippen LogP contribution in [-0.4, -0.2) is 5.78 Å². The van der Waals surface area contributed by atoms with Gasteiger partial charge in [-0.25, -0.2) is 0 Å². The molecule has 0 radical (unpaired) electrons. The lowest BCUT2D eigenvalue weighted by molar-refractivity contribution is 0.103. The first kappa shape index (κ1) is 12.1. The molecule has 1 heterocycles. The fourth-order valence-corrected chi connectivity index (χ4v) is 2.52. The van der Waals surface area contributed by atoms with Crippen molar-refractivity contribution >= 4 is 17.1 Å². The third-order valence-corrected chi connectivity index (χ3v) is 3.45. The second-order valence-electron chi connectivity index (χ2n) is 5.14. The summed E-state index contributed by atoms with van der Waals surface area (Å²) in [7, 11) is 0. The van der Waals surface area contributed by atoms with E-state index in [1.165, 1.54) is 0 Å². The highest BCUT2D eigenvalue weighted by molar-refractivity contribution is 7.08. The quantitative estimate of drug-likeness (QED) is 0.721. The molecule has 0 atom stereocenters. The molecule has 1 aromatic carbocycles. The van der Waals surface area contributed by atoms with Crippen molar-refractivity contribution in [3.8, 4) is 0 Å². The fraction of sp³-hybridized carbons (Fsp3) is 0.267. The maximum atomic E-state index is 12.4. The molecule has 88 valence electrons. The lowest BCUT2D eigenvalue weighted by atomic mass is 9.82. The van der Waals surface area contributed by atoms with Crippen LogP contribution < -0.4 is 0 Å². The number of ketones is 1. The number of benzene rings is 1. The zero-order valence-corrected chi connectivity index (χ0v) is 11.2. The molecule has 2 rings (SSSR count). The van der Waals surface area contributed by atoms with Crippen molar-refractivity contribution in [2.24, 2.45) is 0 Å². The molecular weight excluding hydrogens is 228 g/mol. The van der Waals surface area contributed by atoms with Crippen molar-refractivity contribution in [1.29, 1.82) is 0 Å². The van der Waals surface area contributed by atoms with Gasteiger partial charge in [-0.2, -0.15) is 11.3 Å². The van der Waals surface area contributed by atoms with E-state index < -0.39 is 0 Å². The van der Waals surface area contributed by atoms with E-state index in [9.17, 15) is 4.79 Å². The lowest BCUT2D eigenvalue weighted by Gasteiger charge is -2.22. The first-order valence-electron chi connectivity index (χ1n) is 5.66. The monoisotopic (exact) mass is 244 g/mol. The summed E-state index contributed by atoms with van der Waals surface area (Å²) in [4.78, 5) is 12.4. The van der Waals surface area contributed by atoms with E-state index in [0.717, 1.165) is 16.7 Å². The Morgan fingerprint density at radius 3 is 2.41 bits per heavy atom. The van der Waals surface area contributed by atoms with Crippen LogP contribution in [0.15, 0.2) is 41.1 Å². The molecule has 0 saturated heterocycles. The van der Waals surface area contributed by atoms with Crippen LogP contribution in [0.2, 0.25) is 0 Å². The molecular formula is C15H16OS. The van der Waals surface area contributed by atoms with Gasteiger partial charge >= 0.3 is 0 Å². The molecule has 0 fully saturated rings. The van der Waals surface area contributed by atoms with Crippen molar-refractivity contribution in [3.05, 3.63) is 57.8 Å². The predicted octanol–water partition coefficient (Wildman–Crippen LogP) is 4.28. The molecule has 0 bridgehead atoms. The SMILES string of the molecule is CC(C)(C)c1ccccc1C(=O)c1ccsc1. The van der Waals surface area contributed by atoms with Crippen LogP contribution in [0, 0.1) is 0 Å². The fourth-order valence-electron chi connectivity index (χ4n) is 1.88. The molecule has 1 nitrogen and oxygen atoms in total. The van der Waals surface area contributed by atoms with Gasteiger partial charge in [0.1, 0.15) is 0 Å². The summed E-state index contributed by atoms with van der Waals surface area (Å²) in [6.07, 6.45) is 0. The minimum absolute atomic E-state index is 0.0116. The van der Waals surface area contributed by atoms with Gasteiger partial charge in [-0.1, -0.05) is 45.0 Å². The van der Waals surface area contributed by atoms with Gasteiger partial charge in [-0.15, -0.1) is 0 Å². The number of thiophene rings is 1. The average molecular weight is 244 g/mol. The van der Waals surface area contributed by atoms with Crippen molar-refractivity contribution in [3.63, 3.8) is 0 Å². The van der Waals surface area contributed by atoms with Crippen molar-refractivity contribution in [1.82, 2.24) is 0 Å². The van der Waals surface area contributed by atoms with E-state index in [4.69, 9.17) is 0 Å². The van der Waals surface area contributed by atoms with Crippen LogP contribution in [0.5, 0.6) is 0 Å². The Bertz CT molecular complexity index is 518. The highest BCUT2D eigenvalue weighted by Crippen LogP contribution is 2.27. The van der Waals surface area contributed by atoms with Crippen LogP contribution in [-0.2, 0) is 5.41 Å². The second-order valence-corrected chi connectivity index (χ2v) is 5.92. The zero-order valence-electron chi connectivity index (χ0n) is 10.4. The van der Waals surface area contributed by atoms with E-state index in [1.54, 1.807) is 11.3 Å². The lowest BCUT2D eigenvalue weighted by Crippen LogP contribution is -2.17. The molecule has 2 heteroatoms. The molecule has 0 unspecified atom stereocenters. The first-order chi connectivity index (χ1) is 8.00. The maximum absolute atomic E-state index is 12.4. The summed E-state index contributed by atoms with van der Waals surface area (Å²) >= 11 is 1.56. The minimum atomic E-state index is -0.0116. The number of hydrogen-bond donors (Lipinski definition) is 0. The molecule has 2 aromatic rings. The standard InChI is InChI=1S/C15H16OS/c1-15(2,3)13-7-5-4-6-12(13)14(16)11-8-9-17-10-11/h4-10H,1-3H3. The number of rotatable bonds is 2. The van der Waals surface area contributed by atoms with Crippen molar-refractivity contribution < 1.29 is 4.79 Å². The Kier molecular flexibility index (Phi) is 3.16.